The van der Waals surface area contributed by atoms with Gasteiger partial charge in [0, 0.05) is 11.3 Å². The topological polar surface area (TPSA) is 130 Å². The summed E-state index contributed by atoms with van der Waals surface area (Å²) in [4.78, 5) is 62.2. The summed E-state index contributed by atoms with van der Waals surface area (Å²) in [5.41, 5.74) is 4.18. The van der Waals surface area contributed by atoms with Crippen LogP contribution in [0.1, 0.15) is 80.0 Å². The van der Waals surface area contributed by atoms with Crippen LogP contribution in [0.5, 0.6) is 23.0 Å². The highest BCUT2D eigenvalue weighted by atomic mass is 32.1. The third kappa shape index (κ3) is 10.2. The number of aromatic nitrogens is 1. The molecule has 2 aliphatic carbocycles. The van der Waals surface area contributed by atoms with Crippen LogP contribution in [0.3, 0.4) is 0 Å². The van der Waals surface area contributed by atoms with Crippen LogP contribution in [-0.4, -0.2) is 34.6 Å². The molecule has 0 saturated heterocycles. The normalized spacial score (nSPS) is 19.7. The second-order valence-electron chi connectivity index (χ2n) is 15.0. The SMILES string of the molecule is C/C(=N\Cc1nc2ccccc2s1)c1cc(OC(=O)C2CCC(C(=O)Oc3ccc(C)cc3)CC2)ccc1OC(=O)C1CCC(C(=O)Oc2ccc(C)cc2)CC1. The second-order valence-corrected chi connectivity index (χ2v) is 16.2. The molecule has 2 saturated carbocycles. The molecule has 11 heteroatoms. The maximum atomic E-state index is 13.6. The van der Waals surface area contributed by atoms with Crippen LogP contribution in [-0.2, 0) is 25.7 Å². The molecule has 10 nitrogen and oxygen atoms in total. The molecule has 0 N–H and O–H groups in total. The number of carbonyl (C=O) groups excluding carboxylic acids is 4. The van der Waals surface area contributed by atoms with Crippen molar-refractivity contribution in [2.24, 2.45) is 28.7 Å². The smallest absolute Gasteiger partial charge is 0.314 e. The van der Waals surface area contributed by atoms with Crippen LogP contribution in [0.15, 0.2) is 96.0 Å². The maximum absolute atomic E-state index is 13.6. The molecule has 0 bridgehead atoms. The molecule has 5 aromatic rings. The summed E-state index contributed by atoms with van der Waals surface area (Å²) in [6, 6.07) is 27.5. The first-order valence-electron chi connectivity index (χ1n) is 19.6. The van der Waals surface area contributed by atoms with E-state index in [0.717, 1.165) is 26.4 Å². The summed E-state index contributed by atoms with van der Waals surface area (Å²) >= 11 is 1.57. The summed E-state index contributed by atoms with van der Waals surface area (Å²) in [6.45, 7) is 6.09. The van der Waals surface area contributed by atoms with Crippen LogP contribution in [0, 0.1) is 37.5 Å². The molecule has 7 rings (SSSR count). The predicted molar refractivity (Wildman–Crippen MR) is 218 cm³/mol. The van der Waals surface area contributed by atoms with Crippen molar-refractivity contribution in [3.63, 3.8) is 0 Å². The van der Waals surface area contributed by atoms with Crippen molar-refractivity contribution in [1.82, 2.24) is 4.98 Å². The first-order chi connectivity index (χ1) is 27.6. The lowest BCUT2D eigenvalue weighted by Gasteiger charge is -2.26. The molecule has 0 spiro atoms. The van der Waals surface area contributed by atoms with Crippen molar-refractivity contribution >= 4 is 51.1 Å². The quantitative estimate of drug-likeness (QED) is 0.0730. The highest BCUT2D eigenvalue weighted by Crippen LogP contribution is 2.35. The van der Waals surface area contributed by atoms with E-state index in [9.17, 15) is 19.2 Å². The van der Waals surface area contributed by atoms with Gasteiger partial charge in [-0.3, -0.25) is 24.2 Å². The molecule has 2 fully saturated rings. The molecule has 0 atom stereocenters. The average molecular weight is 787 g/mol. The number of hydrogen-bond acceptors (Lipinski definition) is 11. The van der Waals surface area contributed by atoms with E-state index in [-0.39, 0.29) is 47.5 Å². The van der Waals surface area contributed by atoms with Crippen molar-refractivity contribution in [2.45, 2.75) is 78.7 Å². The van der Waals surface area contributed by atoms with E-state index >= 15 is 0 Å². The Morgan fingerprint density at radius 1 is 0.596 bits per heavy atom. The zero-order valence-corrected chi connectivity index (χ0v) is 33.2. The van der Waals surface area contributed by atoms with Crippen molar-refractivity contribution in [1.29, 1.82) is 0 Å². The van der Waals surface area contributed by atoms with Crippen LogP contribution in [0.25, 0.3) is 10.2 Å². The van der Waals surface area contributed by atoms with Crippen LogP contribution in [0.2, 0.25) is 0 Å². The van der Waals surface area contributed by atoms with Gasteiger partial charge in [-0.05, 0) is 127 Å². The van der Waals surface area contributed by atoms with Gasteiger partial charge in [0.2, 0.25) is 0 Å². The number of benzene rings is 4. The van der Waals surface area contributed by atoms with Gasteiger partial charge in [-0.1, -0.05) is 47.5 Å². The number of aryl methyl sites for hydroxylation is 2. The number of para-hydroxylation sites is 1. The summed E-state index contributed by atoms with van der Waals surface area (Å²) in [5.74, 6) is -1.03. The van der Waals surface area contributed by atoms with Gasteiger partial charge in [0.05, 0.1) is 40.4 Å². The lowest BCUT2D eigenvalue weighted by atomic mass is 9.82. The Morgan fingerprint density at radius 3 is 1.53 bits per heavy atom. The summed E-state index contributed by atoms with van der Waals surface area (Å²) in [7, 11) is 0. The molecule has 57 heavy (non-hydrogen) atoms. The molecule has 0 unspecified atom stereocenters. The zero-order valence-electron chi connectivity index (χ0n) is 32.4. The second kappa shape index (κ2) is 18.1. The largest absolute Gasteiger partial charge is 0.426 e. The molecule has 294 valence electrons. The number of esters is 4. The Hall–Kier alpha value is -5.68. The summed E-state index contributed by atoms with van der Waals surface area (Å²) in [6.07, 6.45) is 4.08. The minimum Gasteiger partial charge on any atom is -0.426 e. The number of carbonyl (C=O) groups is 4. The molecular formula is C46H46N2O8S. The number of fused-ring (bicyclic) bond motifs is 1. The summed E-state index contributed by atoms with van der Waals surface area (Å²) in [5, 5.41) is 0.840. The third-order valence-corrected chi connectivity index (χ3v) is 11.8. The van der Waals surface area contributed by atoms with Crippen LogP contribution < -0.4 is 18.9 Å². The number of thiazole rings is 1. The molecule has 0 radical (unpaired) electrons. The maximum Gasteiger partial charge on any atom is 0.314 e. The zero-order chi connectivity index (χ0) is 39.9. The summed E-state index contributed by atoms with van der Waals surface area (Å²) < 4.78 is 24.2. The molecule has 0 amide bonds. The molecule has 2 aliphatic rings. The van der Waals surface area contributed by atoms with Crippen molar-refractivity contribution in [3.05, 3.63) is 113 Å². The highest BCUT2D eigenvalue weighted by molar-refractivity contribution is 7.18. The molecular weight excluding hydrogens is 741 g/mol. The van der Waals surface area contributed by atoms with Crippen molar-refractivity contribution in [2.75, 3.05) is 0 Å². The molecule has 1 aromatic heterocycles. The van der Waals surface area contributed by atoms with E-state index in [2.05, 4.69) is 0 Å². The van der Waals surface area contributed by atoms with E-state index < -0.39 is 0 Å². The number of aliphatic imine (C=N–C) groups is 1. The van der Waals surface area contributed by atoms with E-state index in [4.69, 9.17) is 28.9 Å². The Morgan fingerprint density at radius 2 is 1.04 bits per heavy atom. The van der Waals surface area contributed by atoms with Gasteiger partial charge in [-0.15, -0.1) is 11.3 Å². The number of hydrogen-bond donors (Lipinski definition) is 0. The fourth-order valence-electron chi connectivity index (χ4n) is 7.34. The first kappa shape index (κ1) is 39.6. The lowest BCUT2D eigenvalue weighted by Crippen LogP contribution is -2.31. The Kier molecular flexibility index (Phi) is 12.5. The first-order valence-corrected chi connectivity index (χ1v) is 20.4. The van der Waals surface area contributed by atoms with Crippen LogP contribution in [0.4, 0.5) is 0 Å². The van der Waals surface area contributed by atoms with E-state index in [1.165, 1.54) is 0 Å². The third-order valence-electron chi connectivity index (χ3n) is 10.8. The van der Waals surface area contributed by atoms with Gasteiger partial charge in [-0.25, -0.2) is 4.98 Å². The van der Waals surface area contributed by atoms with Crippen molar-refractivity contribution < 1.29 is 38.1 Å². The van der Waals surface area contributed by atoms with Crippen molar-refractivity contribution in [3.8, 4) is 23.0 Å². The molecule has 1 heterocycles. The van der Waals surface area contributed by atoms with Crippen LogP contribution >= 0.6 is 11.3 Å². The minimum absolute atomic E-state index is 0.283. The number of nitrogens with zero attached hydrogens (tertiary/aromatic N) is 2. The fraction of sp³-hybridized carbons (Fsp3) is 0.348. The average Bonchev–Trinajstić information content (AvgIpc) is 3.65. The van der Waals surface area contributed by atoms with Gasteiger partial charge < -0.3 is 18.9 Å². The molecule has 4 aromatic carbocycles. The standard InChI is InChI=1S/C46H46N2O8S/c1-28-8-20-35(21-9-28)53-43(49)31-12-14-33(15-13-31)45(51)55-37-24-25-40(38(26-37)30(3)47-27-42-48-39-6-4-5-7-41(39)57-42)56-46(52)34-18-16-32(17-19-34)44(50)54-36-22-10-29(2)11-23-36/h4-11,20-26,31-34H,12-19,27H2,1-3H3/b47-30+. The lowest BCUT2D eigenvalue weighted by molar-refractivity contribution is -0.145. The Labute approximate surface area is 336 Å². The van der Waals surface area contributed by atoms with Gasteiger partial charge in [0.1, 0.15) is 28.0 Å². The van der Waals surface area contributed by atoms with E-state index in [1.807, 2.05) is 69.3 Å². The fourth-order valence-corrected chi connectivity index (χ4v) is 8.23. The minimum atomic E-state index is -0.386. The molecule has 0 aliphatic heterocycles. The van der Waals surface area contributed by atoms with E-state index in [0.29, 0.717) is 92.2 Å². The number of ether oxygens (including phenoxy) is 4. The monoisotopic (exact) mass is 786 g/mol. The highest BCUT2D eigenvalue weighted by Gasteiger charge is 2.34. The van der Waals surface area contributed by atoms with Gasteiger partial charge >= 0.3 is 23.9 Å². The van der Waals surface area contributed by atoms with E-state index in [1.54, 1.807) is 53.8 Å². The predicted octanol–water partition coefficient (Wildman–Crippen LogP) is 9.56. The Balaban J connectivity index is 0.999. The van der Waals surface area contributed by atoms with Gasteiger partial charge in [0.25, 0.3) is 0 Å². The van der Waals surface area contributed by atoms with Gasteiger partial charge in [0.15, 0.2) is 0 Å². The van der Waals surface area contributed by atoms with Gasteiger partial charge in [-0.2, -0.15) is 0 Å². The number of rotatable bonds is 11. The Bertz CT molecular complexity index is 2230.